The second-order valence-corrected chi connectivity index (χ2v) is 5.58. The van der Waals surface area contributed by atoms with Crippen molar-refractivity contribution in [2.24, 2.45) is 0 Å². The Hall–Kier alpha value is -1.26. The number of halogens is 1. The molecule has 1 aromatic carbocycles. The van der Waals surface area contributed by atoms with Gasteiger partial charge in [-0.25, -0.2) is 0 Å². The van der Waals surface area contributed by atoms with Crippen molar-refractivity contribution in [1.82, 2.24) is 10.6 Å². The van der Waals surface area contributed by atoms with Crippen LogP contribution in [0.3, 0.4) is 0 Å². The molecule has 0 bridgehead atoms. The highest BCUT2D eigenvalue weighted by Crippen LogP contribution is 2.21. The van der Waals surface area contributed by atoms with Gasteiger partial charge in [0.05, 0.1) is 13.0 Å². The van der Waals surface area contributed by atoms with E-state index in [9.17, 15) is 4.79 Å². The highest BCUT2D eigenvalue weighted by molar-refractivity contribution is 5.85. The number of hydrogen-bond donors (Lipinski definition) is 2. The standard InChI is InChI=1S/C16H24N2O2.ClH/c1-11-9-14(7-8-17-11)18-16(19)12(2)13-5-4-6-15(10-13)20-3;/h4-6,10-12,14,17H,7-9H2,1-3H3,(H,18,19);1H. The second-order valence-electron chi connectivity index (χ2n) is 5.58. The third kappa shape index (κ3) is 4.90. The zero-order valence-electron chi connectivity index (χ0n) is 12.9. The number of carbonyl (C=O) groups is 1. The van der Waals surface area contributed by atoms with Crippen LogP contribution >= 0.6 is 12.4 Å². The second kappa shape index (κ2) is 8.25. The molecule has 1 aromatic rings. The number of ether oxygens (including phenoxy) is 1. The zero-order valence-corrected chi connectivity index (χ0v) is 13.7. The molecular formula is C16H25ClN2O2. The van der Waals surface area contributed by atoms with Gasteiger partial charge in [-0.1, -0.05) is 12.1 Å². The van der Waals surface area contributed by atoms with E-state index in [1.165, 1.54) is 0 Å². The number of benzene rings is 1. The minimum absolute atomic E-state index is 0. The van der Waals surface area contributed by atoms with Gasteiger partial charge >= 0.3 is 0 Å². The molecule has 2 N–H and O–H groups in total. The van der Waals surface area contributed by atoms with Crippen LogP contribution in [0.4, 0.5) is 0 Å². The first kappa shape index (κ1) is 17.8. The Morgan fingerprint density at radius 2 is 2.24 bits per heavy atom. The van der Waals surface area contributed by atoms with Crippen molar-refractivity contribution < 1.29 is 9.53 Å². The van der Waals surface area contributed by atoms with E-state index in [1.54, 1.807) is 7.11 Å². The van der Waals surface area contributed by atoms with Crippen LogP contribution in [0.2, 0.25) is 0 Å². The molecule has 1 aliphatic heterocycles. The summed E-state index contributed by atoms with van der Waals surface area (Å²) in [6.45, 7) is 5.07. The SMILES string of the molecule is COc1cccc(C(C)C(=O)NC2CCNC(C)C2)c1.Cl. The Bertz CT molecular complexity index is 467. The Balaban J connectivity index is 0.00000220. The molecule has 4 nitrogen and oxygen atoms in total. The lowest BCUT2D eigenvalue weighted by Crippen LogP contribution is -2.47. The summed E-state index contributed by atoms with van der Waals surface area (Å²) in [7, 11) is 1.64. The van der Waals surface area contributed by atoms with Gasteiger partial charge in [-0.05, 0) is 50.9 Å². The van der Waals surface area contributed by atoms with Gasteiger partial charge in [-0.15, -0.1) is 12.4 Å². The molecule has 3 unspecified atom stereocenters. The number of piperidine rings is 1. The average Bonchev–Trinajstić information content (AvgIpc) is 2.46. The van der Waals surface area contributed by atoms with Crippen molar-refractivity contribution in [2.45, 2.75) is 44.7 Å². The molecule has 118 valence electrons. The molecule has 3 atom stereocenters. The monoisotopic (exact) mass is 312 g/mol. The fourth-order valence-electron chi connectivity index (χ4n) is 2.65. The first-order chi connectivity index (χ1) is 9.60. The molecule has 0 radical (unpaired) electrons. The Morgan fingerprint density at radius 1 is 1.48 bits per heavy atom. The average molecular weight is 313 g/mol. The lowest BCUT2D eigenvalue weighted by Gasteiger charge is -2.29. The summed E-state index contributed by atoms with van der Waals surface area (Å²) in [5.74, 6) is 0.727. The van der Waals surface area contributed by atoms with E-state index in [4.69, 9.17) is 4.74 Å². The molecule has 1 saturated heterocycles. The van der Waals surface area contributed by atoms with Crippen molar-refractivity contribution in [1.29, 1.82) is 0 Å². The Morgan fingerprint density at radius 3 is 2.90 bits per heavy atom. The van der Waals surface area contributed by atoms with Crippen molar-refractivity contribution in [3.05, 3.63) is 29.8 Å². The molecule has 0 saturated carbocycles. The highest BCUT2D eigenvalue weighted by Gasteiger charge is 2.23. The van der Waals surface area contributed by atoms with E-state index in [2.05, 4.69) is 17.6 Å². The quantitative estimate of drug-likeness (QED) is 0.898. The number of hydrogen-bond acceptors (Lipinski definition) is 3. The number of carbonyl (C=O) groups excluding carboxylic acids is 1. The van der Waals surface area contributed by atoms with E-state index < -0.39 is 0 Å². The lowest BCUT2D eigenvalue weighted by molar-refractivity contribution is -0.123. The predicted octanol–water partition coefficient (Wildman–Crippen LogP) is 2.48. The van der Waals surface area contributed by atoms with Crippen molar-refractivity contribution in [2.75, 3.05) is 13.7 Å². The van der Waals surface area contributed by atoms with Crippen LogP contribution in [0.25, 0.3) is 0 Å². The normalized spacial score (nSPS) is 22.8. The van der Waals surface area contributed by atoms with E-state index in [-0.39, 0.29) is 30.3 Å². The summed E-state index contributed by atoms with van der Waals surface area (Å²) in [5.41, 5.74) is 0.990. The molecular weight excluding hydrogens is 288 g/mol. The van der Waals surface area contributed by atoms with Crippen LogP contribution < -0.4 is 15.4 Å². The third-order valence-corrected chi connectivity index (χ3v) is 3.96. The van der Waals surface area contributed by atoms with Crippen LogP contribution in [0.5, 0.6) is 5.75 Å². The largest absolute Gasteiger partial charge is 0.497 e. The molecule has 2 rings (SSSR count). The molecule has 21 heavy (non-hydrogen) atoms. The molecule has 1 aliphatic rings. The summed E-state index contributed by atoms with van der Waals surface area (Å²) < 4.78 is 5.21. The van der Waals surface area contributed by atoms with Crippen LogP contribution in [-0.4, -0.2) is 31.6 Å². The maximum Gasteiger partial charge on any atom is 0.227 e. The molecule has 0 aliphatic carbocycles. The van der Waals surface area contributed by atoms with Gasteiger partial charge in [0.25, 0.3) is 0 Å². The van der Waals surface area contributed by atoms with Gasteiger partial charge in [-0.3, -0.25) is 4.79 Å². The van der Waals surface area contributed by atoms with Gasteiger partial charge in [-0.2, -0.15) is 0 Å². The topological polar surface area (TPSA) is 50.4 Å². The molecule has 5 heteroatoms. The fourth-order valence-corrected chi connectivity index (χ4v) is 2.65. The first-order valence-corrected chi connectivity index (χ1v) is 7.28. The minimum atomic E-state index is -0.157. The fraction of sp³-hybridized carbons (Fsp3) is 0.562. The van der Waals surface area contributed by atoms with Crippen molar-refractivity contribution >= 4 is 18.3 Å². The molecule has 0 aromatic heterocycles. The lowest BCUT2D eigenvalue weighted by atomic mass is 9.97. The van der Waals surface area contributed by atoms with Crippen LogP contribution in [0.1, 0.15) is 38.2 Å². The van der Waals surface area contributed by atoms with E-state index >= 15 is 0 Å². The molecule has 1 fully saturated rings. The number of rotatable bonds is 4. The maximum absolute atomic E-state index is 12.3. The molecule has 0 spiro atoms. The Kier molecular flexibility index (Phi) is 6.99. The van der Waals surface area contributed by atoms with Crippen molar-refractivity contribution in [3.63, 3.8) is 0 Å². The van der Waals surface area contributed by atoms with Crippen LogP contribution in [-0.2, 0) is 4.79 Å². The van der Waals surface area contributed by atoms with Crippen molar-refractivity contribution in [3.8, 4) is 5.75 Å². The number of methoxy groups -OCH3 is 1. The van der Waals surface area contributed by atoms with Crippen LogP contribution in [0, 0.1) is 0 Å². The van der Waals surface area contributed by atoms with Gasteiger partial charge in [0, 0.05) is 12.1 Å². The summed E-state index contributed by atoms with van der Waals surface area (Å²) >= 11 is 0. The van der Waals surface area contributed by atoms with E-state index in [1.807, 2.05) is 31.2 Å². The minimum Gasteiger partial charge on any atom is -0.497 e. The number of nitrogens with one attached hydrogen (secondary N) is 2. The summed E-state index contributed by atoms with van der Waals surface area (Å²) in [4.78, 5) is 12.3. The summed E-state index contributed by atoms with van der Waals surface area (Å²) in [6.07, 6.45) is 2.00. The van der Waals surface area contributed by atoms with E-state index in [0.29, 0.717) is 6.04 Å². The summed E-state index contributed by atoms with van der Waals surface area (Å²) in [5, 5.41) is 6.56. The number of amides is 1. The Labute approximate surface area is 133 Å². The van der Waals surface area contributed by atoms with E-state index in [0.717, 1.165) is 30.7 Å². The first-order valence-electron chi connectivity index (χ1n) is 7.28. The van der Waals surface area contributed by atoms with Crippen LogP contribution in [0.15, 0.2) is 24.3 Å². The van der Waals surface area contributed by atoms with Gasteiger partial charge < -0.3 is 15.4 Å². The highest BCUT2D eigenvalue weighted by atomic mass is 35.5. The van der Waals surface area contributed by atoms with Gasteiger partial charge in [0.1, 0.15) is 5.75 Å². The van der Waals surface area contributed by atoms with Gasteiger partial charge in [0.15, 0.2) is 0 Å². The summed E-state index contributed by atoms with van der Waals surface area (Å²) in [6, 6.07) is 8.47. The molecule has 1 amide bonds. The third-order valence-electron chi connectivity index (χ3n) is 3.96. The zero-order chi connectivity index (χ0) is 14.5. The molecule has 1 heterocycles. The van der Waals surface area contributed by atoms with Gasteiger partial charge in [0.2, 0.25) is 5.91 Å². The smallest absolute Gasteiger partial charge is 0.227 e. The predicted molar refractivity (Wildman–Crippen MR) is 87.3 cm³/mol. The maximum atomic E-state index is 12.3.